The van der Waals surface area contributed by atoms with Gasteiger partial charge in [0.05, 0.1) is 18.5 Å². The number of benzene rings is 1. The summed E-state index contributed by atoms with van der Waals surface area (Å²) < 4.78 is 4.79. The Morgan fingerprint density at radius 1 is 1.18 bits per heavy atom. The molecule has 7 nitrogen and oxygen atoms in total. The van der Waals surface area contributed by atoms with Crippen LogP contribution in [0, 0.1) is 27.9 Å². The molecule has 0 saturated heterocycles. The zero-order chi connectivity index (χ0) is 19.9. The Balaban J connectivity index is 1.66. The number of amides is 1. The number of hydrogen-bond donors (Lipinski definition) is 0. The van der Waals surface area contributed by atoms with Gasteiger partial charge in [0.2, 0.25) is 0 Å². The van der Waals surface area contributed by atoms with E-state index in [1.165, 1.54) is 38.5 Å². The summed E-state index contributed by atoms with van der Waals surface area (Å²) in [5, 5.41) is 11.1. The molecule has 0 heterocycles. The van der Waals surface area contributed by atoms with Crippen molar-refractivity contribution >= 4 is 17.6 Å². The highest BCUT2D eigenvalue weighted by Crippen LogP contribution is 2.58. The third kappa shape index (κ3) is 3.38. The van der Waals surface area contributed by atoms with Gasteiger partial charge in [-0.15, -0.1) is 0 Å². The first-order chi connectivity index (χ1) is 13.4. The molecule has 0 radical (unpaired) electrons. The Morgan fingerprint density at radius 3 is 2.32 bits per heavy atom. The van der Waals surface area contributed by atoms with E-state index in [2.05, 4.69) is 0 Å². The molecule has 1 aromatic carbocycles. The number of carbonyl (C=O) groups is 2. The van der Waals surface area contributed by atoms with E-state index in [1.54, 1.807) is 12.1 Å². The highest BCUT2D eigenvalue weighted by molar-refractivity contribution is 5.95. The fourth-order valence-electron chi connectivity index (χ4n) is 6.16. The van der Waals surface area contributed by atoms with E-state index in [-0.39, 0.29) is 29.5 Å². The fraction of sp³-hybridized carbons (Fsp3) is 0.619. The Kier molecular flexibility index (Phi) is 4.85. The predicted molar refractivity (Wildman–Crippen MR) is 102 cm³/mol. The zero-order valence-electron chi connectivity index (χ0n) is 16.1. The van der Waals surface area contributed by atoms with E-state index in [1.807, 2.05) is 4.90 Å². The molecule has 4 aliphatic rings. The van der Waals surface area contributed by atoms with Crippen molar-refractivity contribution in [2.75, 3.05) is 13.7 Å². The van der Waals surface area contributed by atoms with Crippen LogP contribution in [0.2, 0.25) is 0 Å². The highest BCUT2D eigenvalue weighted by Gasteiger charge is 2.54. The van der Waals surface area contributed by atoms with Gasteiger partial charge in [-0.2, -0.15) is 0 Å². The molecule has 7 heteroatoms. The van der Waals surface area contributed by atoms with Crippen LogP contribution in [0.25, 0.3) is 0 Å². The monoisotopic (exact) mass is 386 g/mol. The van der Waals surface area contributed by atoms with E-state index >= 15 is 0 Å². The molecule has 0 N–H and O–H groups in total. The Bertz CT molecular complexity index is 770. The second kappa shape index (κ2) is 7.18. The minimum absolute atomic E-state index is 0.0933. The Hall–Kier alpha value is -2.44. The van der Waals surface area contributed by atoms with E-state index in [0.29, 0.717) is 29.9 Å². The lowest BCUT2D eigenvalue weighted by molar-refractivity contribution is -0.384. The average Bonchev–Trinajstić information content (AvgIpc) is 2.66. The largest absolute Gasteiger partial charge is 0.469 e. The standard InChI is InChI=1S/C21H26N2O5/c1-28-19(24)5-6-22(20(25)17-3-2-4-18(10-17)23(26)27)21-11-14-7-15(12-21)9-16(8-14)13-21/h2-4,10,14-16H,5-9,11-13H2,1H3. The molecule has 5 rings (SSSR count). The van der Waals surface area contributed by atoms with Crippen LogP contribution in [0.15, 0.2) is 24.3 Å². The van der Waals surface area contributed by atoms with Crippen LogP contribution >= 0.6 is 0 Å². The van der Waals surface area contributed by atoms with E-state index < -0.39 is 4.92 Å². The summed E-state index contributed by atoms with van der Waals surface area (Å²) in [4.78, 5) is 37.8. The minimum atomic E-state index is -0.486. The number of hydrogen-bond acceptors (Lipinski definition) is 5. The minimum Gasteiger partial charge on any atom is -0.469 e. The van der Waals surface area contributed by atoms with Crippen LogP contribution in [-0.2, 0) is 9.53 Å². The molecule has 0 aromatic heterocycles. The molecule has 0 atom stereocenters. The van der Waals surface area contributed by atoms with Crippen LogP contribution in [0.1, 0.15) is 55.3 Å². The van der Waals surface area contributed by atoms with E-state index in [9.17, 15) is 19.7 Å². The lowest BCUT2D eigenvalue weighted by atomic mass is 9.52. The number of carbonyl (C=O) groups excluding carboxylic acids is 2. The van der Waals surface area contributed by atoms with Gasteiger partial charge >= 0.3 is 5.97 Å². The number of nitro groups is 1. The maximum Gasteiger partial charge on any atom is 0.307 e. The molecular formula is C21H26N2O5. The van der Waals surface area contributed by atoms with Crippen molar-refractivity contribution in [3.8, 4) is 0 Å². The van der Waals surface area contributed by atoms with Gasteiger partial charge in [0.1, 0.15) is 0 Å². The van der Waals surface area contributed by atoms with Crippen molar-refractivity contribution in [1.29, 1.82) is 0 Å². The second-order valence-electron chi connectivity index (χ2n) is 8.73. The number of esters is 1. The summed E-state index contributed by atoms with van der Waals surface area (Å²) in [5.41, 5.74) is -0.0103. The third-order valence-electron chi connectivity index (χ3n) is 6.89. The van der Waals surface area contributed by atoms with Gasteiger partial charge in [0, 0.05) is 29.8 Å². The van der Waals surface area contributed by atoms with Crippen molar-refractivity contribution in [2.45, 2.75) is 50.5 Å². The Morgan fingerprint density at radius 2 is 1.79 bits per heavy atom. The van der Waals surface area contributed by atoms with Crippen molar-refractivity contribution < 1.29 is 19.2 Å². The predicted octanol–water partition coefficient (Wildman–Crippen LogP) is 3.57. The summed E-state index contributed by atoms with van der Waals surface area (Å²) in [6, 6.07) is 5.90. The number of nitrogens with zero attached hydrogens (tertiary/aromatic N) is 2. The second-order valence-corrected chi connectivity index (χ2v) is 8.73. The van der Waals surface area contributed by atoms with Crippen LogP contribution in [0.4, 0.5) is 5.69 Å². The molecule has 1 aromatic rings. The summed E-state index contributed by atoms with van der Waals surface area (Å²) in [6.45, 7) is 0.292. The van der Waals surface area contributed by atoms with Gasteiger partial charge in [0.15, 0.2) is 0 Å². The van der Waals surface area contributed by atoms with Gasteiger partial charge in [-0.05, 0) is 62.3 Å². The van der Waals surface area contributed by atoms with Gasteiger partial charge < -0.3 is 9.64 Å². The van der Waals surface area contributed by atoms with Crippen LogP contribution < -0.4 is 0 Å². The molecule has 4 fully saturated rings. The Labute approximate surface area is 164 Å². The molecule has 1 amide bonds. The van der Waals surface area contributed by atoms with Crippen molar-refractivity contribution in [3.05, 3.63) is 39.9 Å². The molecule has 0 unspecified atom stereocenters. The van der Waals surface area contributed by atoms with Crippen LogP contribution in [0.5, 0.6) is 0 Å². The van der Waals surface area contributed by atoms with E-state index in [4.69, 9.17) is 4.74 Å². The SMILES string of the molecule is COC(=O)CCN(C(=O)c1cccc([N+](=O)[O-])c1)C12CC3CC(CC(C3)C1)C2. The van der Waals surface area contributed by atoms with E-state index in [0.717, 1.165) is 19.3 Å². The topological polar surface area (TPSA) is 89.8 Å². The number of ether oxygens (including phenoxy) is 1. The molecule has 4 saturated carbocycles. The smallest absolute Gasteiger partial charge is 0.307 e. The molecular weight excluding hydrogens is 360 g/mol. The maximum atomic E-state index is 13.5. The third-order valence-corrected chi connectivity index (χ3v) is 6.89. The average molecular weight is 386 g/mol. The quantitative estimate of drug-likeness (QED) is 0.423. The van der Waals surface area contributed by atoms with Crippen LogP contribution in [0.3, 0.4) is 0 Å². The first kappa shape index (κ1) is 18.9. The van der Waals surface area contributed by atoms with Gasteiger partial charge in [-0.25, -0.2) is 0 Å². The van der Waals surface area contributed by atoms with Gasteiger partial charge in [-0.3, -0.25) is 19.7 Å². The number of non-ortho nitro benzene ring substituents is 1. The maximum absolute atomic E-state index is 13.5. The summed E-state index contributed by atoms with van der Waals surface area (Å²) >= 11 is 0. The number of rotatable bonds is 6. The fourth-order valence-corrected chi connectivity index (χ4v) is 6.16. The highest BCUT2D eigenvalue weighted by atomic mass is 16.6. The summed E-state index contributed by atoms with van der Waals surface area (Å²) in [5.74, 6) is 1.37. The van der Waals surface area contributed by atoms with Crippen molar-refractivity contribution in [1.82, 2.24) is 4.90 Å². The van der Waals surface area contributed by atoms with Crippen molar-refractivity contribution in [3.63, 3.8) is 0 Å². The zero-order valence-corrected chi connectivity index (χ0v) is 16.1. The molecule has 0 spiro atoms. The van der Waals surface area contributed by atoms with Crippen LogP contribution in [-0.4, -0.2) is 40.9 Å². The first-order valence-corrected chi connectivity index (χ1v) is 10.0. The van der Waals surface area contributed by atoms with Gasteiger partial charge in [0.25, 0.3) is 11.6 Å². The van der Waals surface area contributed by atoms with Crippen molar-refractivity contribution in [2.24, 2.45) is 17.8 Å². The molecule has 28 heavy (non-hydrogen) atoms. The molecule has 0 aliphatic heterocycles. The summed E-state index contributed by atoms with van der Waals surface area (Å²) in [7, 11) is 1.35. The lowest BCUT2D eigenvalue weighted by Crippen LogP contribution is -2.61. The number of methoxy groups -OCH3 is 1. The molecule has 4 aliphatic carbocycles. The first-order valence-electron chi connectivity index (χ1n) is 10.0. The molecule has 150 valence electrons. The molecule has 4 bridgehead atoms. The summed E-state index contributed by atoms with van der Waals surface area (Å²) in [6.07, 6.45) is 6.79. The normalized spacial score (nSPS) is 30.1. The lowest BCUT2D eigenvalue weighted by Gasteiger charge is -2.60. The number of nitro benzene ring substituents is 1. The van der Waals surface area contributed by atoms with Gasteiger partial charge in [-0.1, -0.05) is 6.07 Å².